The fourth-order valence-corrected chi connectivity index (χ4v) is 4.98. The SMILES string of the molecule is CC1(O)CCC(CNc2c([N+](=O)[O-])cc(SCc3ccccc3)c3nc[nH]c23)CC1. The second kappa shape index (κ2) is 8.65. The maximum absolute atomic E-state index is 11.8. The second-order valence-electron chi connectivity index (χ2n) is 8.25. The van der Waals surface area contributed by atoms with Crippen molar-refractivity contribution in [2.75, 3.05) is 11.9 Å². The highest BCUT2D eigenvalue weighted by Crippen LogP contribution is 2.40. The number of fused-ring (bicyclic) bond motifs is 1. The highest BCUT2D eigenvalue weighted by atomic mass is 32.2. The van der Waals surface area contributed by atoms with Gasteiger partial charge in [0, 0.05) is 23.3 Å². The van der Waals surface area contributed by atoms with E-state index in [9.17, 15) is 15.2 Å². The van der Waals surface area contributed by atoms with Gasteiger partial charge < -0.3 is 15.4 Å². The van der Waals surface area contributed by atoms with Crippen LogP contribution in [0.1, 0.15) is 38.2 Å². The average molecular weight is 427 g/mol. The largest absolute Gasteiger partial charge is 0.390 e. The van der Waals surface area contributed by atoms with Gasteiger partial charge in [-0.25, -0.2) is 4.98 Å². The minimum atomic E-state index is -0.587. The van der Waals surface area contributed by atoms with Crippen LogP contribution in [0.15, 0.2) is 47.6 Å². The monoisotopic (exact) mass is 426 g/mol. The molecule has 8 heteroatoms. The van der Waals surface area contributed by atoms with Crippen molar-refractivity contribution in [3.63, 3.8) is 0 Å². The predicted molar refractivity (Wildman–Crippen MR) is 120 cm³/mol. The second-order valence-corrected chi connectivity index (χ2v) is 9.26. The van der Waals surface area contributed by atoms with E-state index in [2.05, 4.69) is 15.3 Å². The van der Waals surface area contributed by atoms with Crippen molar-refractivity contribution < 1.29 is 10.0 Å². The number of H-pyrrole nitrogens is 1. The molecule has 7 nitrogen and oxygen atoms in total. The van der Waals surface area contributed by atoms with E-state index in [1.807, 2.05) is 37.3 Å². The summed E-state index contributed by atoms with van der Waals surface area (Å²) < 4.78 is 0. The number of nitrogens with one attached hydrogen (secondary N) is 2. The molecule has 30 heavy (non-hydrogen) atoms. The Bertz CT molecular complexity index is 1030. The number of benzene rings is 2. The van der Waals surface area contributed by atoms with Crippen molar-refractivity contribution >= 4 is 34.2 Å². The number of aromatic nitrogens is 2. The summed E-state index contributed by atoms with van der Waals surface area (Å²) in [5.74, 6) is 1.10. The molecule has 1 aliphatic rings. The zero-order chi connectivity index (χ0) is 21.1. The normalized spacial score (nSPS) is 21.6. The number of rotatable bonds is 7. The van der Waals surface area contributed by atoms with Gasteiger partial charge in [0.25, 0.3) is 5.69 Å². The quantitative estimate of drug-likeness (QED) is 0.275. The molecular formula is C22H26N4O3S. The number of hydrogen-bond acceptors (Lipinski definition) is 6. The van der Waals surface area contributed by atoms with Crippen molar-refractivity contribution in [1.29, 1.82) is 0 Å². The molecule has 0 bridgehead atoms. The van der Waals surface area contributed by atoms with Crippen LogP contribution in [0.3, 0.4) is 0 Å². The molecule has 2 aromatic carbocycles. The fraction of sp³-hybridized carbons (Fsp3) is 0.409. The molecule has 1 saturated carbocycles. The van der Waals surface area contributed by atoms with E-state index in [0.717, 1.165) is 41.7 Å². The molecule has 0 radical (unpaired) electrons. The van der Waals surface area contributed by atoms with Gasteiger partial charge in [-0.15, -0.1) is 11.8 Å². The summed E-state index contributed by atoms with van der Waals surface area (Å²) in [5.41, 5.74) is 2.54. The Morgan fingerprint density at radius 2 is 2.07 bits per heavy atom. The third-order valence-corrected chi connectivity index (χ3v) is 6.93. The molecule has 1 aliphatic carbocycles. The molecule has 0 spiro atoms. The summed E-state index contributed by atoms with van der Waals surface area (Å²) in [6.07, 6.45) is 4.92. The zero-order valence-corrected chi connectivity index (χ0v) is 17.7. The molecule has 0 atom stereocenters. The van der Waals surface area contributed by atoms with Gasteiger partial charge in [-0.05, 0) is 44.1 Å². The summed E-state index contributed by atoms with van der Waals surface area (Å²) in [6.45, 7) is 2.52. The van der Waals surface area contributed by atoms with E-state index in [1.165, 1.54) is 0 Å². The Morgan fingerprint density at radius 1 is 1.33 bits per heavy atom. The Kier molecular flexibility index (Phi) is 5.97. The molecule has 0 aliphatic heterocycles. The van der Waals surface area contributed by atoms with E-state index < -0.39 is 5.60 Å². The van der Waals surface area contributed by atoms with Crippen molar-refractivity contribution in [2.45, 2.75) is 48.9 Å². The standard InChI is InChI=1S/C22H26N4O3S/c1-22(27)9-7-15(8-10-22)12-23-19-17(26(28)29)11-18(20-21(19)25-14-24-20)30-13-16-5-3-2-4-6-16/h2-6,11,14-15,23,27H,7-10,12-13H2,1H3,(H,24,25). The van der Waals surface area contributed by atoms with Crippen LogP contribution in [0, 0.1) is 16.0 Å². The van der Waals surface area contributed by atoms with Gasteiger partial charge in [-0.1, -0.05) is 30.3 Å². The van der Waals surface area contributed by atoms with Gasteiger partial charge in [0.2, 0.25) is 0 Å². The van der Waals surface area contributed by atoms with E-state index in [4.69, 9.17) is 0 Å². The third kappa shape index (κ3) is 4.60. The molecule has 4 rings (SSSR count). The number of nitrogens with zero attached hydrogens (tertiary/aromatic N) is 2. The van der Waals surface area contributed by atoms with Crippen LogP contribution in [0.4, 0.5) is 11.4 Å². The van der Waals surface area contributed by atoms with Gasteiger partial charge in [0.1, 0.15) is 11.2 Å². The molecule has 0 amide bonds. The van der Waals surface area contributed by atoms with Crippen LogP contribution in [0.5, 0.6) is 0 Å². The number of hydrogen-bond donors (Lipinski definition) is 3. The highest BCUT2D eigenvalue weighted by molar-refractivity contribution is 7.98. The lowest BCUT2D eigenvalue weighted by Gasteiger charge is -2.33. The number of nitro groups is 1. The zero-order valence-electron chi connectivity index (χ0n) is 16.9. The summed E-state index contributed by atoms with van der Waals surface area (Å²) in [4.78, 5) is 19.8. The lowest BCUT2D eigenvalue weighted by Crippen LogP contribution is -2.32. The molecule has 3 aromatic rings. The number of imidazole rings is 1. The summed E-state index contributed by atoms with van der Waals surface area (Å²) in [7, 11) is 0. The maximum Gasteiger partial charge on any atom is 0.295 e. The van der Waals surface area contributed by atoms with Crippen molar-refractivity contribution in [1.82, 2.24) is 9.97 Å². The first kappa shape index (κ1) is 20.7. The Labute approximate surface area is 179 Å². The van der Waals surface area contributed by atoms with Gasteiger partial charge in [0.15, 0.2) is 0 Å². The lowest BCUT2D eigenvalue weighted by atomic mass is 9.80. The lowest BCUT2D eigenvalue weighted by molar-refractivity contribution is -0.384. The number of aromatic amines is 1. The minimum Gasteiger partial charge on any atom is -0.390 e. The molecule has 1 heterocycles. The van der Waals surface area contributed by atoms with Crippen molar-refractivity contribution in [3.8, 4) is 0 Å². The van der Waals surface area contributed by atoms with Crippen LogP contribution >= 0.6 is 11.8 Å². The number of thioether (sulfide) groups is 1. The predicted octanol–water partition coefficient (Wildman–Crippen LogP) is 5.12. The molecule has 1 fully saturated rings. The smallest absolute Gasteiger partial charge is 0.295 e. The first-order chi connectivity index (χ1) is 14.4. The van der Waals surface area contributed by atoms with Crippen LogP contribution in [-0.2, 0) is 5.75 Å². The summed E-state index contributed by atoms with van der Waals surface area (Å²) >= 11 is 1.55. The number of aliphatic hydroxyl groups is 1. The summed E-state index contributed by atoms with van der Waals surface area (Å²) in [6, 6.07) is 11.7. The van der Waals surface area contributed by atoms with Crippen LogP contribution in [-0.4, -0.2) is 32.1 Å². The molecule has 1 aromatic heterocycles. The molecule has 158 valence electrons. The Morgan fingerprint density at radius 3 is 2.77 bits per heavy atom. The van der Waals surface area contributed by atoms with Crippen LogP contribution in [0.25, 0.3) is 11.0 Å². The maximum atomic E-state index is 11.8. The van der Waals surface area contributed by atoms with E-state index in [1.54, 1.807) is 24.2 Å². The fourth-order valence-electron chi connectivity index (χ4n) is 3.98. The van der Waals surface area contributed by atoms with E-state index >= 15 is 0 Å². The van der Waals surface area contributed by atoms with Crippen LogP contribution in [0.2, 0.25) is 0 Å². The molecule has 3 N–H and O–H groups in total. The van der Waals surface area contributed by atoms with Crippen LogP contribution < -0.4 is 5.32 Å². The average Bonchev–Trinajstić information content (AvgIpc) is 3.22. The number of anilines is 1. The van der Waals surface area contributed by atoms with Crippen molar-refractivity contribution in [2.24, 2.45) is 5.92 Å². The van der Waals surface area contributed by atoms with Gasteiger partial charge in [-0.2, -0.15) is 0 Å². The summed E-state index contributed by atoms with van der Waals surface area (Å²) in [5, 5.41) is 25.3. The first-order valence-electron chi connectivity index (χ1n) is 10.2. The van der Waals surface area contributed by atoms with E-state index in [0.29, 0.717) is 29.4 Å². The molecular weight excluding hydrogens is 400 g/mol. The minimum absolute atomic E-state index is 0.0603. The highest BCUT2D eigenvalue weighted by Gasteiger charge is 2.29. The van der Waals surface area contributed by atoms with Gasteiger partial charge in [-0.3, -0.25) is 10.1 Å². The molecule has 0 saturated heterocycles. The van der Waals surface area contributed by atoms with E-state index in [-0.39, 0.29) is 10.6 Å². The van der Waals surface area contributed by atoms with Crippen molar-refractivity contribution in [3.05, 3.63) is 58.4 Å². The van der Waals surface area contributed by atoms with Gasteiger partial charge in [0.05, 0.1) is 22.4 Å². The topological polar surface area (TPSA) is 104 Å². The first-order valence-corrected chi connectivity index (χ1v) is 11.2. The third-order valence-electron chi connectivity index (χ3n) is 5.83. The Balaban J connectivity index is 1.56. The molecule has 0 unspecified atom stereocenters. The Hall–Kier alpha value is -2.58. The number of nitro benzene ring substituents is 1. The van der Waals surface area contributed by atoms with Gasteiger partial charge >= 0.3 is 0 Å².